The number of ether oxygens (including phenoxy) is 1. The molecule has 1 heterocycles. The number of anilines is 1. The van der Waals surface area contributed by atoms with Crippen LogP contribution >= 0.6 is 8.45 Å². The number of methoxy groups -OCH3 is 1. The molecule has 0 radical (unpaired) electrons. The molecule has 1 aliphatic rings. The molecule has 1 atom stereocenters. The molecule has 5 rings (SSSR count). The van der Waals surface area contributed by atoms with Crippen LogP contribution in [0.25, 0.3) is 11.1 Å². The zero-order valence-corrected chi connectivity index (χ0v) is 26.3. The maximum absolute atomic E-state index is 13.9. The zero-order valence-electron chi connectivity index (χ0n) is 25.4. The molecule has 1 amide bonds. The molecule has 0 spiro atoms. The molecule has 4 aromatic carbocycles. The Kier molecular flexibility index (Phi) is 11.7. The molecule has 1 aliphatic heterocycles. The highest BCUT2D eigenvalue weighted by Gasteiger charge is 2.39. The van der Waals surface area contributed by atoms with Crippen molar-refractivity contribution < 1.29 is 33.2 Å². The molecule has 0 aromatic heterocycles. The van der Waals surface area contributed by atoms with Gasteiger partial charge in [-0.15, -0.1) is 0 Å². The highest BCUT2D eigenvalue weighted by atomic mass is 31.2. The molecule has 44 heavy (non-hydrogen) atoms. The Bertz CT molecular complexity index is 1680. The summed E-state index contributed by atoms with van der Waals surface area (Å²) in [7, 11) is 2.21. The molecule has 0 saturated carbocycles. The minimum atomic E-state index is -1.51. The van der Waals surface area contributed by atoms with Crippen molar-refractivity contribution in [3.63, 3.8) is 0 Å². The highest BCUT2D eigenvalue weighted by molar-refractivity contribution is 7.53. The van der Waals surface area contributed by atoms with Crippen LogP contribution < -0.4 is 13.9 Å². The largest absolute Gasteiger partial charge is 0.496 e. The number of carbonyl (C=O) groups excluding carboxylic acids is 5. The van der Waals surface area contributed by atoms with E-state index < -0.39 is 8.45 Å². The summed E-state index contributed by atoms with van der Waals surface area (Å²) in [5.74, 6) is 1.57. The number of carbonyl (C=O) groups is 1. The molecule has 0 fully saturated rings. The molecule has 226 valence electrons. The van der Waals surface area contributed by atoms with E-state index in [0.29, 0.717) is 12.1 Å². The minimum absolute atomic E-state index is 0.0241. The number of rotatable bonds is 6. The van der Waals surface area contributed by atoms with Crippen LogP contribution in [0.5, 0.6) is 11.5 Å². The topological polar surface area (TPSA) is 110 Å². The van der Waals surface area contributed by atoms with E-state index in [1.54, 1.807) is 7.11 Å². The van der Waals surface area contributed by atoms with Gasteiger partial charge in [-0.2, -0.15) is 19.2 Å². The summed E-state index contributed by atoms with van der Waals surface area (Å²) in [5.41, 5.74) is 8.95. The molecule has 0 aliphatic carbocycles. The van der Waals surface area contributed by atoms with Crippen LogP contribution in [-0.2, 0) is 25.7 Å². The predicted octanol–water partition coefficient (Wildman–Crippen LogP) is 6.83. The number of para-hydroxylation sites is 1. The fourth-order valence-electron chi connectivity index (χ4n) is 5.19. The molecule has 4 aromatic rings. The summed E-state index contributed by atoms with van der Waals surface area (Å²) in [4.78, 5) is 46.4. The molecule has 0 bridgehead atoms. The summed E-state index contributed by atoms with van der Waals surface area (Å²) < 4.78 is 16.8. The van der Waals surface area contributed by atoms with Gasteiger partial charge in [0.15, 0.2) is 0 Å². The lowest BCUT2D eigenvalue weighted by atomic mass is 9.95. The molecule has 9 nitrogen and oxygen atoms in total. The lowest BCUT2D eigenvalue weighted by Gasteiger charge is -2.41. The van der Waals surface area contributed by atoms with Gasteiger partial charge < -0.3 is 13.9 Å². The molecule has 10 heteroatoms. The monoisotopic (exact) mass is 612 g/mol. The van der Waals surface area contributed by atoms with Gasteiger partial charge in [0.1, 0.15) is 11.5 Å². The second-order valence-electron chi connectivity index (χ2n) is 10.0. The Labute approximate surface area is 258 Å². The van der Waals surface area contributed by atoms with Crippen molar-refractivity contribution in [2.45, 2.75) is 34.2 Å². The second-order valence-corrected chi connectivity index (χ2v) is 11.8. The number of fused-ring (bicyclic) bond motifs is 1. The second kappa shape index (κ2) is 15.4. The lowest BCUT2D eigenvalue weighted by molar-refractivity contribution is -0.193. The van der Waals surface area contributed by atoms with Crippen molar-refractivity contribution in [1.29, 1.82) is 0 Å². The van der Waals surface area contributed by atoms with Gasteiger partial charge in [0.05, 0.1) is 24.9 Å². The average Bonchev–Trinajstić information content (AvgIpc) is 2.99. The van der Waals surface area contributed by atoms with E-state index in [-0.39, 0.29) is 18.2 Å². The third kappa shape index (κ3) is 7.47. The molecular weight excluding hydrogens is 579 g/mol. The number of hydrogen-bond donors (Lipinski definition) is 0. The maximum Gasteiger partial charge on any atom is 0.373 e. The highest BCUT2D eigenvalue weighted by Crippen LogP contribution is 2.55. The average molecular weight is 613 g/mol. The standard InChI is InChI=1S/C32H33N2O3P.2CO2/c1-21-16-23(3)30(36-6)27(18-21)28-19-22(2)17-24(4)31(28)37-38-33(5)29-15-11-10-14-26(29)32(35)34(38)20-25-12-8-7-9-13-25;2*2-1-3/h7-19H,20H2,1-6H3;;. The number of hydrogen-bond acceptors (Lipinski definition) is 8. The van der Waals surface area contributed by atoms with E-state index in [0.717, 1.165) is 56.1 Å². The smallest absolute Gasteiger partial charge is 0.373 e. The molecule has 0 N–H and O–H groups in total. The van der Waals surface area contributed by atoms with Crippen LogP contribution in [0.2, 0.25) is 0 Å². The number of nitrogens with zero attached hydrogens (tertiary/aromatic N) is 2. The summed E-state index contributed by atoms with van der Waals surface area (Å²) in [6.45, 7) is 8.77. The summed E-state index contributed by atoms with van der Waals surface area (Å²) in [5, 5.41) is 0. The molecule has 1 unspecified atom stereocenters. The Morgan fingerprint density at radius 2 is 1.20 bits per heavy atom. The summed E-state index contributed by atoms with van der Waals surface area (Å²) >= 11 is 0. The normalized spacial score (nSPS) is 13.2. The Morgan fingerprint density at radius 3 is 1.77 bits per heavy atom. The van der Waals surface area contributed by atoms with E-state index in [1.807, 2.05) is 66.3 Å². The van der Waals surface area contributed by atoms with E-state index in [2.05, 4.69) is 56.6 Å². The van der Waals surface area contributed by atoms with Crippen LogP contribution in [-0.4, -0.2) is 37.0 Å². The van der Waals surface area contributed by atoms with E-state index in [1.165, 1.54) is 0 Å². The Hall–Kier alpha value is -5.06. The van der Waals surface area contributed by atoms with Crippen LogP contribution in [0.4, 0.5) is 5.69 Å². The van der Waals surface area contributed by atoms with E-state index in [4.69, 9.17) is 28.4 Å². The lowest BCUT2D eigenvalue weighted by Crippen LogP contribution is -2.38. The number of aryl methyl sites for hydroxylation is 4. The van der Waals surface area contributed by atoms with Crippen molar-refractivity contribution >= 4 is 32.3 Å². The van der Waals surface area contributed by atoms with E-state index in [9.17, 15) is 4.79 Å². The minimum Gasteiger partial charge on any atom is -0.496 e. The SMILES string of the molecule is COc1c(C)cc(C)cc1-c1cc(C)cc(C)c1OP1N(Cc2ccccc2)C(=O)c2ccccc2N1C.O=C=O.O=C=O. The van der Waals surface area contributed by atoms with Gasteiger partial charge in [0.2, 0.25) is 0 Å². The first-order valence-corrected chi connectivity index (χ1v) is 14.7. The fourth-order valence-corrected chi connectivity index (χ4v) is 7.05. The van der Waals surface area contributed by atoms with Crippen molar-refractivity contribution in [2.75, 3.05) is 18.8 Å². The predicted molar refractivity (Wildman–Crippen MR) is 166 cm³/mol. The first-order valence-electron chi connectivity index (χ1n) is 13.5. The summed E-state index contributed by atoms with van der Waals surface area (Å²) in [6.07, 6.45) is 0.500. The van der Waals surface area contributed by atoms with Gasteiger partial charge >= 0.3 is 20.8 Å². The first-order chi connectivity index (χ1) is 21.1. The van der Waals surface area contributed by atoms with Gasteiger partial charge in [0, 0.05) is 18.2 Å². The molecular formula is C34H33N2O7P. The van der Waals surface area contributed by atoms with Crippen molar-refractivity contribution in [1.82, 2.24) is 4.67 Å². The van der Waals surface area contributed by atoms with Crippen molar-refractivity contribution in [2.24, 2.45) is 0 Å². The number of amides is 1. The zero-order chi connectivity index (χ0) is 32.4. The van der Waals surface area contributed by atoms with Crippen LogP contribution in [0.3, 0.4) is 0 Å². The fraction of sp³-hybridized carbons (Fsp3) is 0.206. The summed E-state index contributed by atoms with van der Waals surface area (Å²) in [6, 6.07) is 26.4. The van der Waals surface area contributed by atoms with Crippen molar-refractivity contribution in [3.05, 3.63) is 112 Å². The third-order valence-electron chi connectivity index (χ3n) is 6.86. The van der Waals surface area contributed by atoms with Gasteiger partial charge in [-0.25, -0.2) is 0 Å². The van der Waals surface area contributed by atoms with Gasteiger partial charge in [-0.05, 0) is 79.8 Å². The third-order valence-corrected chi connectivity index (χ3v) is 8.67. The quantitative estimate of drug-likeness (QED) is 0.218. The first kappa shape index (κ1) is 33.4. The Morgan fingerprint density at radius 1 is 0.705 bits per heavy atom. The Balaban J connectivity index is 0.000000816. The van der Waals surface area contributed by atoms with Crippen LogP contribution in [0.1, 0.15) is 38.2 Å². The maximum atomic E-state index is 13.9. The van der Waals surface area contributed by atoms with Crippen LogP contribution in [0, 0.1) is 27.7 Å². The van der Waals surface area contributed by atoms with Crippen LogP contribution in [0.15, 0.2) is 78.9 Å². The molecule has 0 saturated heterocycles. The van der Waals surface area contributed by atoms with Gasteiger partial charge in [0.25, 0.3) is 5.91 Å². The van der Waals surface area contributed by atoms with Gasteiger partial charge in [-0.1, -0.05) is 54.6 Å². The van der Waals surface area contributed by atoms with E-state index >= 15 is 0 Å². The van der Waals surface area contributed by atoms with Gasteiger partial charge in [-0.3, -0.25) is 9.46 Å². The van der Waals surface area contributed by atoms with Crippen molar-refractivity contribution in [3.8, 4) is 22.6 Å². The number of benzene rings is 4.